The van der Waals surface area contributed by atoms with Crippen molar-refractivity contribution < 1.29 is 4.42 Å². The van der Waals surface area contributed by atoms with E-state index in [1.807, 2.05) is 97.2 Å². The zero-order valence-corrected chi connectivity index (χ0v) is 27.2. The smallest absolute Gasteiger partial charge is 0.164 e. The minimum atomic E-state index is 0.603. The summed E-state index contributed by atoms with van der Waals surface area (Å²) in [5.41, 5.74) is 8.74. The second-order valence-corrected chi connectivity index (χ2v) is 12.5. The van der Waals surface area contributed by atoms with Gasteiger partial charge in [0.1, 0.15) is 16.9 Å². The third kappa shape index (κ3) is 5.01. The lowest BCUT2D eigenvalue weighted by molar-refractivity contribution is 0.669. The monoisotopic (exact) mass is 653 g/mol. The molecule has 6 nitrogen and oxygen atoms in total. The number of fused-ring (bicyclic) bond motifs is 6. The Hall–Kier alpha value is -7.05. The van der Waals surface area contributed by atoms with Crippen LogP contribution in [0.2, 0.25) is 0 Å². The number of furan rings is 1. The van der Waals surface area contributed by atoms with E-state index < -0.39 is 0 Å². The molecule has 10 rings (SSSR count). The number of benzene rings is 6. The maximum atomic E-state index is 6.60. The van der Waals surface area contributed by atoms with Crippen molar-refractivity contribution in [3.8, 4) is 56.7 Å². The Kier molecular flexibility index (Phi) is 6.70. The molecular weight excluding hydrogens is 627 g/mol. The lowest BCUT2D eigenvalue weighted by Crippen LogP contribution is -2.00. The largest absolute Gasteiger partial charge is 0.455 e. The molecule has 6 heteroatoms. The molecule has 0 aliphatic heterocycles. The van der Waals surface area contributed by atoms with Gasteiger partial charge in [0, 0.05) is 44.6 Å². The van der Waals surface area contributed by atoms with E-state index in [0.717, 1.165) is 82.8 Å². The summed E-state index contributed by atoms with van der Waals surface area (Å²) in [4.78, 5) is 24.9. The highest BCUT2D eigenvalue weighted by Gasteiger charge is 2.20. The normalized spacial score (nSPS) is 11.5. The summed E-state index contributed by atoms with van der Waals surface area (Å²) in [5, 5.41) is 5.31. The zero-order valence-electron chi connectivity index (χ0n) is 27.2. The molecule has 0 unspecified atom stereocenters. The topological polar surface area (TPSA) is 77.6 Å². The van der Waals surface area contributed by atoms with Crippen molar-refractivity contribution in [1.29, 1.82) is 0 Å². The molecule has 10 aromatic rings. The Morgan fingerprint density at radius 3 is 1.67 bits per heavy atom. The molecule has 0 bridgehead atoms. The lowest BCUT2D eigenvalue weighted by Gasteiger charge is -2.10. The first-order valence-corrected chi connectivity index (χ1v) is 16.8. The van der Waals surface area contributed by atoms with Crippen LogP contribution in [-0.4, -0.2) is 24.9 Å². The van der Waals surface area contributed by atoms with Gasteiger partial charge in [0.05, 0.1) is 16.6 Å². The summed E-state index contributed by atoms with van der Waals surface area (Å²) in [6.07, 6.45) is 1.90. The predicted molar refractivity (Wildman–Crippen MR) is 205 cm³/mol. The molecule has 51 heavy (non-hydrogen) atoms. The van der Waals surface area contributed by atoms with Crippen LogP contribution in [0.4, 0.5) is 0 Å². The third-order valence-corrected chi connectivity index (χ3v) is 9.38. The van der Waals surface area contributed by atoms with E-state index in [4.69, 9.17) is 29.3 Å². The lowest BCUT2D eigenvalue weighted by atomic mass is 10.00. The first-order chi connectivity index (χ1) is 25.3. The highest BCUT2D eigenvalue weighted by molar-refractivity contribution is 6.15. The Morgan fingerprint density at radius 2 is 0.961 bits per heavy atom. The van der Waals surface area contributed by atoms with Crippen molar-refractivity contribution in [1.82, 2.24) is 24.9 Å². The number of pyridine rings is 2. The van der Waals surface area contributed by atoms with E-state index in [9.17, 15) is 0 Å². The van der Waals surface area contributed by atoms with Crippen molar-refractivity contribution in [2.24, 2.45) is 0 Å². The van der Waals surface area contributed by atoms with Crippen LogP contribution >= 0.6 is 0 Å². The molecule has 0 atom stereocenters. The molecule has 0 saturated heterocycles. The van der Waals surface area contributed by atoms with Crippen LogP contribution in [0.25, 0.3) is 100 Å². The van der Waals surface area contributed by atoms with Crippen molar-refractivity contribution in [3.63, 3.8) is 0 Å². The molecular formula is C45H27N5O. The van der Waals surface area contributed by atoms with Crippen LogP contribution < -0.4 is 0 Å². The fourth-order valence-electron chi connectivity index (χ4n) is 6.85. The maximum absolute atomic E-state index is 6.60. The molecule has 0 saturated carbocycles. The number of hydrogen-bond donors (Lipinski definition) is 0. The predicted octanol–water partition coefficient (Wildman–Crippen LogP) is 11.2. The summed E-state index contributed by atoms with van der Waals surface area (Å²) >= 11 is 0. The molecule has 0 amide bonds. The van der Waals surface area contributed by atoms with Gasteiger partial charge in [0.15, 0.2) is 17.5 Å². The van der Waals surface area contributed by atoms with Crippen LogP contribution in [-0.2, 0) is 0 Å². The minimum absolute atomic E-state index is 0.603. The molecule has 0 aliphatic carbocycles. The van der Waals surface area contributed by atoms with Gasteiger partial charge in [0.25, 0.3) is 0 Å². The van der Waals surface area contributed by atoms with Gasteiger partial charge in [-0.15, -0.1) is 0 Å². The van der Waals surface area contributed by atoms with E-state index in [2.05, 4.69) is 66.7 Å². The van der Waals surface area contributed by atoms with Gasteiger partial charge in [-0.2, -0.15) is 0 Å². The molecule has 6 aromatic carbocycles. The second kappa shape index (κ2) is 11.8. The van der Waals surface area contributed by atoms with Gasteiger partial charge in [-0.1, -0.05) is 146 Å². The average molecular weight is 654 g/mol. The second-order valence-electron chi connectivity index (χ2n) is 12.5. The Labute approximate surface area is 292 Å². The summed E-state index contributed by atoms with van der Waals surface area (Å²) < 4.78 is 6.60. The van der Waals surface area contributed by atoms with Gasteiger partial charge >= 0.3 is 0 Å². The van der Waals surface area contributed by atoms with Crippen LogP contribution in [0.15, 0.2) is 168 Å². The van der Waals surface area contributed by atoms with Gasteiger partial charge in [-0.3, -0.25) is 4.98 Å². The first-order valence-electron chi connectivity index (χ1n) is 16.8. The fourth-order valence-corrected chi connectivity index (χ4v) is 6.85. The van der Waals surface area contributed by atoms with Crippen molar-refractivity contribution in [3.05, 3.63) is 164 Å². The van der Waals surface area contributed by atoms with E-state index in [1.54, 1.807) is 0 Å². The fraction of sp³-hybridized carbons (Fsp3) is 0. The zero-order chi connectivity index (χ0) is 33.7. The molecule has 0 aliphatic rings. The quantitative estimate of drug-likeness (QED) is 0.172. The highest BCUT2D eigenvalue weighted by atomic mass is 16.3. The number of rotatable bonds is 5. The van der Waals surface area contributed by atoms with Gasteiger partial charge in [-0.05, 0) is 23.1 Å². The SMILES string of the molecule is c1ccc(-c2nc(-c3ccccc3)nc(-c3ccc(-c4cnc(-c5ccc6ccc7ccccc7c6n5)c5c4oc4ccccc45)cc3)n2)cc1. The van der Waals surface area contributed by atoms with E-state index >= 15 is 0 Å². The number of para-hydroxylation sites is 1. The molecule has 4 heterocycles. The van der Waals surface area contributed by atoms with Crippen LogP contribution in [0.1, 0.15) is 0 Å². The Bertz CT molecular complexity index is 2840. The molecule has 0 N–H and O–H groups in total. The summed E-state index contributed by atoms with van der Waals surface area (Å²) in [6, 6.07) is 53.2. The molecule has 0 radical (unpaired) electrons. The molecule has 0 fully saturated rings. The van der Waals surface area contributed by atoms with Crippen molar-refractivity contribution in [2.75, 3.05) is 0 Å². The summed E-state index contributed by atoms with van der Waals surface area (Å²) in [7, 11) is 0. The summed E-state index contributed by atoms with van der Waals surface area (Å²) in [6.45, 7) is 0. The van der Waals surface area contributed by atoms with Crippen LogP contribution in [0, 0.1) is 0 Å². The van der Waals surface area contributed by atoms with E-state index in [1.165, 1.54) is 0 Å². The van der Waals surface area contributed by atoms with E-state index in [0.29, 0.717) is 17.5 Å². The first kappa shape index (κ1) is 28.9. The molecule has 4 aromatic heterocycles. The van der Waals surface area contributed by atoms with Gasteiger partial charge in [-0.25, -0.2) is 19.9 Å². The maximum Gasteiger partial charge on any atom is 0.164 e. The van der Waals surface area contributed by atoms with Gasteiger partial charge < -0.3 is 4.42 Å². The molecule has 0 spiro atoms. The summed E-state index contributed by atoms with van der Waals surface area (Å²) in [5.74, 6) is 1.86. The van der Waals surface area contributed by atoms with Gasteiger partial charge in [0.2, 0.25) is 0 Å². The third-order valence-electron chi connectivity index (χ3n) is 9.38. The van der Waals surface area contributed by atoms with Crippen molar-refractivity contribution in [2.45, 2.75) is 0 Å². The van der Waals surface area contributed by atoms with Crippen molar-refractivity contribution >= 4 is 43.6 Å². The molecule has 238 valence electrons. The number of aromatic nitrogens is 5. The van der Waals surface area contributed by atoms with E-state index in [-0.39, 0.29) is 0 Å². The average Bonchev–Trinajstić information content (AvgIpc) is 3.61. The Morgan fingerprint density at radius 1 is 0.412 bits per heavy atom. The number of hydrogen-bond acceptors (Lipinski definition) is 6. The standard InChI is InChI=1S/C45H27N5O/c1-3-12-31(13-4-1)43-48-44(32-14-5-2-6-15-32)50-45(49-43)33-23-20-29(21-24-33)36-27-46-41(39-35-17-9-10-18-38(35)51-42(36)39)37-26-25-30-22-19-28-11-7-8-16-34(28)40(30)47-37/h1-27H. The van der Waals surface area contributed by atoms with Crippen LogP contribution in [0.5, 0.6) is 0 Å². The Balaban J connectivity index is 1.10. The van der Waals surface area contributed by atoms with Crippen LogP contribution in [0.3, 0.4) is 0 Å². The number of nitrogens with zero attached hydrogens (tertiary/aromatic N) is 5. The highest BCUT2D eigenvalue weighted by Crippen LogP contribution is 2.41. The minimum Gasteiger partial charge on any atom is -0.455 e.